The van der Waals surface area contributed by atoms with Crippen LogP contribution in [0.3, 0.4) is 0 Å². The summed E-state index contributed by atoms with van der Waals surface area (Å²) in [4.78, 5) is 29.3. The lowest BCUT2D eigenvalue weighted by molar-refractivity contribution is 0.194. The van der Waals surface area contributed by atoms with Crippen molar-refractivity contribution in [2.24, 2.45) is 0 Å². The molecule has 9 heteroatoms. The zero-order valence-electron chi connectivity index (χ0n) is 15.4. The molecule has 0 bridgehead atoms. The fourth-order valence-electron chi connectivity index (χ4n) is 3.66. The first-order valence-electron chi connectivity index (χ1n) is 9.67. The zero-order valence-corrected chi connectivity index (χ0v) is 15.4. The summed E-state index contributed by atoms with van der Waals surface area (Å²) in [6, 6.07) is 1.75. The first kappa shape index (κ1) is 17.7. The minimum Gasteiger partial charge on any atom is -0.339 e. The van der Waals surface area contributed by atoms with E-state index in [1.54, 1.807) is 18.5 Å². The van der Waals surface area contributed by atoms with Gasteiger partial charge in [0.05, 0.1) is 0 Å². The van der Waals surface area contributed by atoms with Gasteiger partial charge < -0.3 is 19.6 Å². The Balaban J connectivity index is 1.19. The Kier molecular flexibility index (Phi) is 5.45. The Morgan fingerprint density at radius 1 is 1.15 bits per heavy atom. The molecule has 1 aliphatic heterocycles. The molecule has 9 nitrogen and oxygen atoms in total. The van der Waals surface area contributed by atoms with Crippen LogP contribution in [0.5, 0.6) is 0 Å². The Morgan fingerprint density at radius 3 is 2.63 bits per heavy atom. The van der Waals surface area contributed by atoms with Crippen molar-refractivity contribution in [2.45, 2.75) is 38.0 Å². The average Bonchev–Trinajstić information content (AvgIpc) is 3.40. The zero-order chi connectivity index (χ0) is 18.5. The van der Waals surface area contributed by atoms with Gasteiger partial charge in [0.1, 0.15) is 0 Å². The Morgan fingerprint density at radius 2 is 1.89 bits per heavy atom. The van der Waals surface area contributed by atoms with Crippen LogP contribution in [0, 0.1) is 0 Å². The molecule has 0 unspecified atom stereocenters. The summed E-state index contributed by atoms with van der Waals surface area (Å²) in [6.07, 6.45) is 8.80. The molecule has 2 fully saturated rings. The largest absolute Gasteiger partial charge is 0.339 e. The van der Waals surface area contributed by atoms with E-state index in [0.29, 0.717) is 43.7 Å². The van der Waals surface area contributed by atoms with Gasteiger partial charge in [-0.05, 0) is 18.9 Å². The summed E-state index contributed by atoms with van der Waals surface area (Å²) < 4.78 is 5.37. The van der Waals surface area contributed by atoms with Gasteiger partial charge >= 0.3 is 6.03 Å². The van der Waals surface area contributed by atoms with Crippen molar-refractivity contribution in [2.75, 3.05) is 37.6 Å². The van der Waals surface area contributed by atoms with E-state index in [0.717, 1.165) is 31.8 Å². The van der Waals surface area contributed by atoms with Gasteiger partial charge in [-0.15, -0.1) is 0 Å². The third kappa shape index (κ3) is 4.35. The van der Waals surface area contributed by atoms with Crippen molar-refractivity contribution >= 4 is 12.0 Å². The van der Waals surface area contributed by atoms with Crippen molar-refractivity contribution < 1.29 is 9.32 Å². The van der Waals surface area contributed by atoms with Gasteiger partial charge in [0.25, 0.3) is 0 Å². The number of hydrogen-bond acceptors (Lipinski definition) is 7. The topological polar surface area (TPSA) is 100 Å². The van der Waals surface area contributed by atoms with Crippen LogP contribution in [0.1, 0.15) is 43.3 Å². The van der Waals surface area contributed by atoms with E-state index in [4.69, 9.17) is 4.52 Å². The molecule has 27 heavy (non-hydrogen) atoms. The highest BCUT2D eigenvalue weighted by molar-refractivity contribution is 5.74. The molecule has 3 heterocycles. The second-order valence-corrected chi connectivity index (χ2v) is 7.04. The number of rotatable bonds is 5. The standard InChI is InChI=1S/C18H25N7O2/c26-18(25-12-10-24(11-13-25)17-19-7-3-8-20-17)21-9-6-15-22-16(27-23-15)14-4-1-2-5-14/h3,7-8,14H,1-2,4-6,9-13H2,(H,21,26). The monoisotopic (exact) mass is 371 g/mol. The Hall–Kier alpha value is -2.71. The summed E-state index contributed by atoms with van der Waals surface area (Å²) >= 11 is 0. The van der Waals surface area contributed by atoms with Crippen LogP contribution < -0.4 is 10.2 Å². The van der Waals surface area contributed by atoms with Crippen LogP contribution in [-0.2, 0) is 6.42 Å². The molecule has 0 aromatic carbocycles. The maximum atomic E-state index is 12.3. The molecular formula is C18H25N7O2. The van der Waals surface area contributed by atoms with Gasteiger partial charge in [-0.2, -0.15) is 4.98 Å². The van der Waals surface area contributed by atoms with E-state index in [1.807, 2.05) is 4.90 Å². The number of piperazine rings is 1. The molecule has 1 saturated heterocycles. The van der Waals surface area contributed by atoms with Crippen molar-refractivity contribution in [3.63, 3.8) is 0 Å². The predicted molar refractivity (Wildman–Crippen MR) is 98.4 cm³/mol. The normalized spacial score (nSPS) is 18.1. The van der Waals surface area contributed by atoms with Gasteiger partial charge in [0.15, 0.2) is 5.82 Å². The number of carbonyl (C=O) groups excluding carboxylic acids is 1. The Labute approximate surface area is 158 Å². The van der Waals surface area contributed by atoms with Crippen LogP contribution in [-0.4, -0.2) is 63.8 Å². The molecule has 4 rings (SSSR count). The van der Waals surface area contributed by atoms with E-state index < -0.39 is 0 Å². The lowest BCUT2D eigenvalue weighted by atomic mass is 10.1. The first-order valence-corrected chi connectivity index (χ1v) is 9.67. The fourth-order valence-corrected chi connectivity index (χ4v) is 3.66. The summed E-state index contributed by atoms with van der Waals surface area (Å²) in [5.74, 6) is 2.56. The number of urea groups is 1. The second kappa shape index (κ2) is 8.32. The van der Waals surface area contributed by atoms with Crippen molar-refractivity contribution in [1.82, 2.24) is 30.3 Å². The van der Waals surface area contributed by atoms with Gasteiger partial charge in [-0.25, -0.2) is 14.8 Å². The van der Waals surface area contributed by atoms with E-state index in [1.165, 1.54) is 12.8 Å². The lowest BCUT2D eigenvalue weighted by Gasteiger charge is -2.34. The minimum atomic E-state index is -0.0526. The summed E-state index contributed by atoms with van der Waals surface area (Å²) in [5, 5.41) is 6.99. The van der Waals surface area contributed by atoms with E-state index in [2.05, 4.69) is 30.3 Å². The minimum absolute atomic E-state index is 0.0526. The molecular weight excluding hydrogens is 346 g/mol. The molecule has 2 aliphatic rings. The highest BCUT2D eigenvalue weighted by atomic mass is 16.5. The van der Waals surface area contributed by atoms with Crippen LogP contribution in [0.4, 0.5) is 10.7 Å². The molecule has 2 amide bonds. The summed E-state index contributed by atoms with van der Waals surface area (Å²) in [7, 11) is 0. The number of aromatic nitrogens is 4. The van der Waals surface area contributed by atoms with Gasteiger partial charge in [-0.1, -0.05) is 18.0 Å². The summed E-state index contributed by atoms with van der Waals surface area (Å²) in [6.45, 7) is 3.26. The number of amides is 2. The third-order valence-electron chi connectivity index (χ3n) is 5.21. The van der Waals surface area contributed by atoms with Crippen LogP contribution in [0.25, 0.3) is 0 Å². The van der Waals surface area contributed by atoms with Crippen LogP contribution in [0.15, 0.2) is 23.0 Å². The predicted octanol–water partition coefficient (Wildman–Crippen LogP) is 1.59. The lowest BCUT2D eigenvalue weighted by Crippen LogP contribution is -2.52. The number of nitrogens with one attached hydrogen (secondary N) is 1. The third-order valence-corrected chi connectivity index (χ3v) is 5.21. The number of anilines is 1. The summed E-state index contributed by atoms with van der Waals surface area (Å²) in [5.41, 5.74) is 0. The molecule has 0 atom stereocenters. The quantitative estimate of drug-likeness (QED) is 0.852. The highest BCUT2D eigenvalue weighted by Crippen LogP contribution is 2.32. The number of hydrogen-bond donors (Lipinski definition) is 1. The van der Waals surface area contributed by atoms with E-state index >= 15 is 0 Å². The van der Waals surface area contributed by atoms with Crippen molar-refractivity contribution in [1.29, 1.82) is 0 Å². The van der Waals surface area contributed by atoms with Crippen molar-refractivity contribution in [3.8, 4) is 0 Å². The molecule has 2 aromatic heterocycles. The molecule has 0 radical (unpaired) electrons. The average molecular weight is 371 g/mol. The maximum Gasteiger partial charge on any atom is 0.317 e. The number of nitrogens with zero attached hydrogens (tertiary/aromatic N) is 6. The maximum absolute atomic E-state index is 12.3. The first-order chi connectivity index (χ1) is 13.3. The van der Waals surface area contributed by atoms with Crippen molar-refractivity contribution in [3.05, 3.63) is 30.2 Å². The Bertz CT molecular complexity index is 737. The molecule has 1 N–H and O–H groups in total. The molecule has 2 aromatic rings. The van der Waals surface area contributed by atoms with Gasteiger partial charge in [0, 0.05) is 57.5 Å². The molecule has 0 spiro atoms. The smallest absolute Gasteiger partial charge is 0.317 e. The second-order valence-electron chi connectivity index (χ2n) is 7.04. The highest BCUT2D eigenvalue weighted by Gasteiger charge is 2.24. The van der Waals surface area contributed by atoms with Crippen LogP contribution >= 0.6 is 0 Å². The number of carbonyl (C=O) groups is 1. The van der Waals surface area contributed by atoms with Gasteiger partial charge in [0.2, 0.25) is 11.8 Å². The molecule has 1 saturated carbocycles. The van der Waals surface area contributed by atoms with E-state index in [9.17, 15) is 4.79 Å². The van der Waals surface area contributed by atoms with E-state index in [-0.39, 0.29) is 6.03 Å². The van der Waals surface area contributed by atoms with Gasteiger partial charge in [-0.3, -0.25) is 0 Å². The molecule has 1 aliphatic carbocycles. The van der Waals surface area contributed by atoms with Crippen LogP contribution in [0.2, 0.25) is 0 Å². The molecule has 144 valence electrons. The fraction of sp³-hybridized carbons (Fsp3) is 0.611. The SMILES string of the molecule is O=C(NCCc1noc(C2CCCC2)n1)N1CCN(c2ncccn2)CC1.